The van der Waals surface area contributed by atoms with Crippen molar-refractivity contribution in [1.29, 1.82) is 0 Å². The molecule has 1 aromatic heterocycles. The fourth-order valence-electron chi connectivity index (χ4n) is 3.85. The average molecular weight is 578 g/mol. The van der Waals surface area contributed by atoms with Crippen LogP contribution in [0.1, 0.15) is 32.3 Å². The predicted octanol–water partition coefficient (Wildman–Crippen LogP) is 4.29. The van der Waals surface area contributed by atoms with E-state index in [2.05, 4.69) is 20.3 Å². The zero-order valence-electron chi connectivity index (χ0n) is 22.4. The number of ether oxygens (including phenoxy) is 3. The molecule has 14 heteroatoms. The first-order valence-electron chi connectivity index (χ1n) is 12.8. The molecule has 1 aliphatic heterocycles. The summed E-state index contributed by atoms with van der Waals surface area (Å²) in [4.78, 5) is 26.0. The smallest absolute Gasteiger partial charge is 0.416 e. The third-order valence-corrected chi connectivity index (χ3v) is 6.05. The Morgan fingerprint density at radius 3 is 2.29 bits per heavy atom. The van der Waals surface area contributed by atoms with Gasteiger partial charge in [-0.2, -0.15) is 28.1 Å². The molecule has 2 heterocycles. The number of alkyl halides is 3. The minimum atomic E-state index is -4.45. The zero-order valence-corrected chi connectivity index (χ0v) is 22.4. The quantitative estimate of drug-likeness (QED) is 0.281. The van der Waals surface area contributed by atoms with Crippen molar-refractivity contribution in [2.75, 3.05) is 36.5 Å². The zero-order chi connectivity index (χ0) is 29.6. The van der Waals surface area contributed by atoms with Crippen LogP contribution in [0.15, 0.2) is 48.5 Å². The molecule has 4 rings (SSSR count). The van der Waals surface area contributed by atoms with Crippen molar-refractivity contribution in [1.82, 2.24) is 15.0 Å². The lowest BCUT2D eigenvalue weighted by Gasteiger charge is -2.30. The molecule has 0 amide bonds. The lowest BCUT2D eigenvalue weighted by Crippen LogP contribution is -2.39. The van der Waals surface area contributed by atoms with Crippen LogP contribution in [0.5, 0.6) is 17.5 Å². The van der Waals surface area contributed by atoms with E-state index in [1.807, 2.05) is 0 Å². The van der Waals surface area contributed by atoms with E-state index in [9.17, 15) is 28.2 Å². The van der Waals surface area contributed by atoms with Crippen LogP contribution >= 0.6 is 0 Å². The van der Waals surface area contributed by atoms with Crippen molar-refractivity contribution in [3.05, 3.63) is 54.1 Å². The standard InChI is InChI=1S/C27H30F3N5O6/c1-26(2,22(37)38)41-21-11-9-20(10-12-21)39-14-15-40-25-33-23(31-18-7-5-17(6-8-18)27(28,29)30)32-24(34-25)35-13-3-4-19(36)16-35/h5-12,19,36H,3-4,13-16H2,1-2H3,(H,37,38)(H,31,32,33,34). The monoisotopic (exact) mass is 577 g/mol. The summed E-state index contributed by atoms with van der Waals surface area (Å²) >= 11 is 0. The van der Waals surface area contributed by atoms with Crippen molar-refractivity contribution >= 4 is 23.6 Å². The van der Waals surface area contributed by atoms with Gasteiger partial charge in [0, 0.05) is 18.8 Å². The number of hydrogen-bond donors (Lipinski definition) is 3. The van der Waals surface area contributed by atoms with Crippen LogP contribution in [-0.2, 0) is 11.0 Å². The fraction of sp³-hybridized carbons (Fsp3) is 0.407. The molecule has 41 heavy (non-hydrogen) atoms. The van der Waals surface area contributed by atoms with E-state index in [1.165, 1.54) is 26.0 Å². The van der Waals surface area contributed by atoms with E-state index in [0.29, 0.717) is 36.7 Å². The van der Waals surface area contributed by atoms with Gasteiger partial charge in [0.15, 0.2) is 5.60 Å². The Morgan fingerprint density at radius 1 is 1.00 bits per heavy atom. The number of carboxylic acids is 1. The number of piperidine rings is 1. The molecule has 3 aromatic rings. The minimum Gasteiger partial charge on any atom is -0.490 e. The Hall–Kier alpha value is -4.33. The van der Waals surface area contributed by atoms with Gasteiger partial charge >= 0.3 is 18.2 Å². The van der Waals surface area contributed by atoms with Gasteiger partial charge in [-0.3, -0.25) is 0 Å². The fourth-order valence-corrected chi connectivity index (χ4v) is 3.85. The number of β-amino-alcohol motifs (C(OH)–C–C–N with tert-alkyl or cyclic N) is 1. The Morgan fingerprint density at radius 2 is 1.66 bits per heavy atom. The number of anilines is 3. The van der Waals surface area contributed by atoms with E-state index in [1.54, 1.807) is 29.2 Å². The number of nitrogens with zero attached hydrogens (tertiary/aromatic N) is 4. The summed E-state index contributed by atoms with van der Waals surface area (Å²) in [6.45, 7) is 3.98. The van der Waals surface area contributed by atoms with E-state index in [4.69, 9.17) is 14.2 Å². The molecule has 1 saturated heterocycles. The van der Waals surface area contributed by atoms with E-state index >= 15 is 0 Å². The molecule has 1 aliphatic rings. The summed E-state index contributed by atoms with van der Waals surface area (Å²) in [6.07, 6.45) is -3.61. The lowest BCUT2D eigenvalue weighted by molar-refractivity contribution is -0.152. The first kappa shape index (κ1) is 29.6. The molecule has 0 radical (unpaired) electrons. The van der Waals surface area contributed by atoms with Crippen molar-refractivity contribution in [3.63, 3.8) is 0 Å². The molecule has 1 unspecified atom stereocenters. The summed E-state index contributed by atoms with van der Waals surface area (Å²) in [5, 5.41) is 22.2. The van der Waals surface area contributed by atoms with Gasteiger partial charge in [-0.25, -0.2) is 4.79 Å². The second kappa shape index (κ2) is 12.5. The number of halogens is 3. The average Bonchev–Trinajstić information content (AvgIpc) is 2.91. The van der Waals surface area contributed by atoms with Gasteiger partial charge in [-0.15, -0.1) is 0 Å². The number of carboxylic acid groups (broad SMARTS) is 1. The van der Waals surface area contributed by atoms with Crippen LogP contribution < -0.4 is 24.4 Å². The van der Waals surface area contributed by atoms with Crippen molar-refractivity contribution in [2.45, 2.75) is 44.6 Å². The minimum absolute atomic E-state index is 0.0345. The number of aliphatic hydroxyl groups is 1. The molecule has 0 spiro atoms. The van der Waals surface area contributed by atoms with Gasteiger partial charge in [0.25, 0.3) is 0 Å². The predicted molar refractivity (Wildman–Crippen MR) is 142 cm³/mol. The van der Waals surface area contributed by atoms with E-state index in [0.717, 1.165) is 18.6 Å². The van der Waals surface area contributed by atoms with E-state index < -0.39 is 29.4 Å². The molecule has 0 aliphatic carbocycles. The van der Waals surface area contributed by atoms with Crippen LogP contribution in [0.4, 0.5) is 30.8 Å². The van der Waals surface area contributed by atoms with Crippen molar-refractivity contribution in [2.24, 2.45) is 0 Å². The van der Waals surface area contributed by atoms with E-state index in [-0.39, 0.29) is 31.1 Å². The highest BCUT2D eigenvalue weighted by molar-refractivity contribution is 5.76. The number of aliphatic carboxylic acids is 1. The van der Waals surface area contributed by atoms with Crippen LogP contribution in [0, 0.1) is 0 Å². The highest BCUT2D eigenvalue weighted by Crippen LogP contribution is 2.30. The molecule has 3 N–H and O–H groups in total. The van der Waals surface area contributed by atoms with Gasteiger partial charge in [0.05, 0.1) is 11.7 Å². The topological polar surface area (TPSA) is 139 Å². The molecule has 1 atom stereocenters. The van der Waals surface area contributed by atoms with Gasteiger partial charge in [0.1, 0.15) is 24.7 Å². The number of rotatable bonds is 11. The maximum Gasteiger partial charge on any atom is 0.416 e. The number of aromatic nitrogens is 3. The molecular weight excluding hydrogens is 547 g/mol. The number of aliphatic hydroxyl groups excluding tert-OH is 1. The third-order valence-electron chi connectivity index (χ3n) is 6.05. The number of hydrogen-bond acceptors (Lipinski definition) is 10. The summed E-state index contributed by atoms with van der Waals surface area (Å²) in [5.41, 5.74) is -1.83. The second-order valence-electron chi connectivity index (χ2n) is 9.77. The number of carbonyl (C=O) groups is 1. The molecule has 0 saturated carbocycles. The molecule has 0 bridgehead atoms. The van der Waals surface area contributed by atoms with Crippen LogP contribution in [0.25, 0.3) is 0 Å². The largest absolute Gasteiger partial charge is 0.490 e. The number of benzene rings is 2. The van der Waals surface area contributed by atoms with Gasteiger partial charge < -0.3 is 34.6 Å². The Balaban J connectivity index is 1.40. The molecule has 1 fully saturated rings. The SMILES string of the molecule is CC(C)(Oc1ccc(OCCOc2nc(Nc3ccc(C(F)(F)F)cc3)nc(N3CCCC(O)C3)n2)cc1)C(=O)O. The molecule has 220 valence electrons. The number of nitrogens with one attached hydrogen (secondary N) is 1. The third kappa shape index (κ3) is 8.33. The molecule has 2 aromatic carbocycles. The van der Waals surface area contributed by atoms with Crippen molar-refractivity contribution < 1.29 is 42.4 Å². The first-order valence-corrected chi connectivity index (χ1v) is 12.8. The van der Waals surface area contributed by atoms with Gasteiger partial charge in [-0.05, 0) is 75.2 Å². The summed E-state index contributed by atoms with van der Waals surface area (Å²) in [5.74, 6) is 0.0900. The first-order chi connectivity index (χ1) is 19.4. The highest BCUT2D eigenvalue weighted by atomic mass is 19.4. The molecular formula is C27H30F3N5O6. The maximum absolute atomic E-state index is 12.9. The van der Waals surface area contributed by atoms with Crippen molar-refractivity contribution in [3.8, 4) is 17.5 Å². The van der Waals surface area contributed by atoms with Gasteiger partial charge in [0.2, 0.25) is 11.9 Å². The summed E-state index contributed by atoms with van der Waals surface area (Å²) in [7, 11) is 0. The second-order valence-corrected chi connectivity index (χ2v) is 9.77. The van der Waals surface area contributed by atoms with Crippen LogP contribution in [-0.4, -0.2) is 69.1 Å². The van der Waals surface area contributed by atoms with Gasteiger partial charge in [-0.1, -0.05) is 0 Å². The highest BCUT2D eigenvalue weighted by Gasteiger charge is 2.30. The summed E-state index contributed by atoms with van der Waals surface area (Å²) in [6, 6.07) is 10.8. The lowest BCUT2D eigenvalue weighted by atomic mass is 10.1. The Bertz CT molecular complexity index is 1320. The van der Waals surface area contributed by atoms with Crippen LogP contribution in [0.3, 0.4) is 0 Å². The van der Waals surface area contributed by atoms with Crippen LogP contribution in [0.2, 0.25) is 0 Å². The summed E-state index contributed by atoms with van der Waals surface area (Å²) < 4.78 is 55.6. The Labute approximate surface area is 233 Å². The molecule has 11 nitrogen and oxygen atoms in total. The Kier molecular flexibility index (Phi) is 9.01. The maximum atomic E-state index is 12.9. The normalized spacial score (nSPS) is 15.8.